The van der Waals surface area contributed by atoms with E-state index in [0.29, 0.717) is 11.5 Å². The molecule has 1 heterocycles. The van der Waals surface area contributed by atoms with Crippen LogP contribution in [0.4, 0.5) is 0 Å². The lowest BCUT2D eigenvalue weighted by molar-refractivity contribution is -0.130. The van der Waals surface area contributed by atoms with Gasteiger partial charge in [-0.05, 0) is 18.6 Å². The zero-order valence-corrected chi connectivity index (χ0v) is 14.3. The van der Waals surface area contributed by atoms with Crippen molar-refractivity contribution in [2.75, 3.05) is 33.6 Å². The van der Waals surface area contributed by atoms with E-state index in [9.17, 15) is 14.4 Å². The van der Waals surface area contributed by atoms with Crippen LogP contribution in [0.1, 0.15) is 12.8 Å². The minimum absolute atomic E-state index is 0.162. The lowest BCUT2D eigenvalue weighted by Crippen LogP contribution is -2.49. The number of hydrazone groups is 1. The molecule has 126 valence electrons. The number of allylic oxidation sites excluding steroid dienone is 2. The zero-order valence-electron chi connectivity index (χ0n) is 13.5. The van der Waals surface area contributed by atoms with Gasteiger partial charge in [0.25, 0.3) is 0 Å². The summed E-state index contributed by atoms with van der Waals surface area (Å²) in [6.07, 6.45) is 3.14. The van der Waals surface area contributed by atoms with Gasteiger partial charge in [-0.2, -0.15) is 5.10 Å². The molecular formula is C15H21N3O4S. The molecule has 23 heavy (non-hydrogen) atoms. The minimum Gasteiger partial charge on any atom is -0.385 e. The molecule has 0 aromatic heterocycles. The Morgan fingerprint density at radius 2 is 2.17 bits per heavy atom. The molecule has 2 unspecified atom stereocenters. The second kappa shape index (κ2) is 7.74. The number of carbonyl (C=O) groups is 3. The highest BCUT2D eigenvalue weighted by Crippen LogP contribution is 2.33. The predicted molar refractivity (Wildman–Crippen MR) is 88.2 cm³/mol. The molecule has 0 fully saturated rings. The van der Waals surface area contributed by atoms with E-state index in [1.54, 1.807) is 14.2 Å². The normalized spacial score (nSPS) is 23.5. The highest BCUT2D eigenvalue weighted by atomic mass is 32.2. The fourth-order valence-electron chi connectivity index (χ4n) is 2.66. The van der Waals surface area contributed by atoms with Crippen LogP contribution in [-0.4, -0.2) is 67.8 Å². The predicted octanol–water partition coefficient (Wildman–Crippen LogP) is 0.214. The zero-order chi connectivity index (χ0) is 17.0. The second-order valence-electron chi connectivity index (χ2n) is 5.38. The van der Waals surface area contributed by atoms with E-state index >= 15 is 0 Å². The number of ketones is 2. The number of unbranched alkanes of at least 4 members (excludes halogenated alkanes) is 1. The standard InChI is InChI=1S/C15H21N3O4S/c1-16-15(21)13-11-12(17-18(13)2)9(19)8-10(14(11)20)23-7-5-4-6-22-3/h8,11,13H,4-7H2,1-3H3,(H,16,21). The van der Waals surface area contributed by atoms with Crippen LogP contribution in [0.15, 0.2) is 16.1 Å². The number of hydrogen-bond donors (Lipinski definition) is 1. The Kier molecular flexibility index (Phi) is 5.95. The smallest absolute Gasteiger partial charge is 0.245 e. The molecule has 8 heteroatoms. The Hall–Kier alpha value is -1.67. The van der Waals surface area contributed by atoms with Crippen LogP contribution in [0.3, 0.4) is 0 Å². The maximum absolute atomic E-state index is 12.7. The topological polar surface area (TPSA) is 88.1 Å². The van der Waals surface area contributed by atoms with Crippen LogP contribution in [-0.2, 0) is 19.1 Å². The number of fused-ring (bicyclic) bond motifs is 1. The number of ether oxygens (including phenoxy) is 1. The molecule has 2 aliphatic rings. The molecule has 7 nitrogen and oxygen atoms in total. The summed E-state index contributed by atoms with van der Waals surface area (Å²) in [4.78, 5) is 37.4. The maximum Gasteiger partial charge on any atom is 0.245 e. The van der Waals surface area contributed by atoms with Crippen molar-refractivity contribution in [3.05, 3.63) is 11.0 Å². The van der Waals surface area contributed by atoms with Gasteiger partial charge in [-0.1, -0.05) is 0 Å². The molecule has 0 radical (unpaired) electrons. The van der Waals surface area contributed by atoms with E-state index in [2.05, 4.69) is 10.4 Å². The molecular weight excluding hydrogens is 318 g/mol. The number of rotatable bonds is 7. The number of nitrogens with one attached hydrogen (secondary N) is 1. The Bertz CT molecular complexity index is 573. The summed E-state index contributed by atoms with van der Waals surface area (Å²) < 4.78 is 4.98. The molecule has 2 atom stereocenters. The van der Waals surface area contributed by atoms with Crippen molar-refractivity contribution < 1.29 is 19.1 Å². The lowest BCUT2D eigenvalue weighted by Gasteiger charge is -2.24. The average molecular weight is 339 g/mol. The minimum atomic E-state index is -0.807. The van der Waals surface area contributed by atoms with Gasteiger partial charge in [-0.25, -0.2) is 0 Å². The van der Waals surface area contributed by atoms with Crippen molar-refractivity contribution >= 4 is 34.9 Å². The monoisotopic (exact) mass is 339 g/mol. The van der Waals surface area contributed by atoms with Crippen LogP contribution in [0.25, 0.3) is 0 Å². The van der Waals surface area contributed by atoms with Gasteiger partial charge in [-0.15, -0.1) is 11.8 Å². The van der Waals surface area contributed by atoms with Crippen molar-refractivity contribution in [1.82, 2.24) is 10.3 Å². The van der Waals surface area contributed by atoms with Gasteiger partial charge in [0, 0.05) is 33.9 Å². The largest absolute Gasteiger partial charge is 0.385 e. The van der Waals surface area contributed by atoms with E-state index in [1.165, 1.54) is 29.9 Å². The summed E-state index contributed by atoms with van der Waals surface area (Å²) >= 11 is 1.36. The Morgan fingerprint density at radius 1 is 1.43 bits per heavy atom. The van der Waals surface area contributed by atoms with E-state index in [1.807, 2.05) is 0 Å². The molecule has 0 aromatic carbocycles. The summed E-state index contributed by atoms with van der Waals surface area (Å²) in [7, 11) is 4.75. The molecule has 1 N–H and O–H groups in total. The third kappa shape index (κ3) is 3.64. The van der Waals surface area contributed by atoms with Gasteiger partial charge in [0.1, 0.15) is 17.7 Å². The first-order valence-electron chi connectivity index (χ1n) is 7.46. The molecule has 1 aliphatic carbocycles. The fraction of sp³-hybridized carbons (Fsp3) is 0.600. The second-order valence-corrected chi connectivity index (χ2v) is 6.52. The maximum atomic E-state index is 12.7. The number of nitrogens with zero attached hydrogens (tertiary/aromatic N) is 2. The number of likely N-dealkylation sites (N-methyl/N-ethyl adjacent to an activating group) is 2. The number of amides is 1. The van der Waals surface area contributed by atoms with Gasteiger partial charge in [0.05, 0.1) is 4.91 Å². The van der Waals surface area contributed by atoms with Crippen LogP contribution in [0.2, 0.25) is 0 Å². The summed E-state index contributed by atoms with van der Waals surface area (Å²) in [5.41, 5.74) is 0.162. The molecule has 2 rings (SSSR count). The number of thioether (sulfide) groups is 1. The van der Waals surface area contributed by atoms with Crippen LogP contribution < -0.4 is 5.32 Å². The number of hydrogen-bond acceptors (Lipinski definition) is 7. The highest BCUT2D eigenvalue weighted by molar-refractivity contribution is 8.04. The molecule has 0 aromatic rings. The first-order chi connectivity index (χ1) is 11.0. The summed E-state index contributed by atoms with van der Waals surface area (Å²) in [6.45, 7) is 0.676. The van der Waals surface area contributed by atoms with Crippen molar-refractivity contribution in [2.24, 2.45) is 11.0 Å². The van der Waals surface area contributed by atoms with Crippen molar-refractivity contribution in [1.29, 1.82) is 0 Å². The fourth-order valence-corrected chi connectivity index (χ4v) is 3.69. The number of Topliss-reactive ketones (excluding diaryl/α,β-unsaturated/α-hetero) is 1. The van der Waals surface area contributed by atoms with Gasteiger partial charge in [-0.3, -0.25) is 19.4 Å². The van der Waals surface area contributed by atoms with Gasteiger partial charge in [0.2, 0.25) is 11.7 Å². The van der Waals surface area contributed by atoms with Crippen molar-refractivity contribution in [3.8, 4) is 0 Å². The van der Waals surface area contributed by atoms with E-state index in [-0.39, 0.29) is 23.2 Å². The van der Waals surface area contributed by atoms with Crippen molar-refractivity contribution in [2.45, 2.75) is 18.9 Å². The first kappa shape index (κ1) is 17.7. The van der Waals surface area contributed by atoms with E-state index in [4.69, 9.17) is 4.74 Å². The Balaban J connectivity index is 2.10. The molecule has 0 bridgehead atoms. The molecule has 1 aliphatic heterocycles. The quantitative estimate of drug-likeness (QED) is 0.667. The summed E-state index contributed by atoms with van der Waals surface area (Å²) in [5.74, 6) is -0.874. The van der Waals surface area contributed by atoms with Crippen LogP contribution >= 0.6 is 11.8 Å². The third-order valence-electron chi connectivity index (χ3n) is 3.83. The molecule has 0 saturated heterocycles. The first-order valence-corrected chi connectivity index (χ1v) is 8.44. The summed E-state index contributed by atoms with van der Waals surface area (Å²) in [6, 6.07) is -0.760. The van der Waals surface area contributed by atoms with E-state index in [0.717, 1.165) is 18.6 Å². The third-order valence-corrected chi connectivity index (χ3v) is 4.96. The summed E-state index contributed by atoms with van der Waals surface area (Å²) in [5, 5.41) is 8.02. The van der Waals surface area contributed by atoms with Crippen LogP contribution in [0, 0.1) is 5.92 Å². The SMILES string of the molecule is CNC(=O)C1C2C(=O)C(SCCCCOC)=CC(=O)C2=NN1C. The average Bonchev–Trinajstić information content (AvgIpc) is 2.89. The number of carbonyl (C=O) groups excluding carboxylic acids is 3. The lowest BCUT2D eigenvalue weighted by atomic mass is 9.84. The van der Waals surface area contributed by atoms with Crippen molar-refractivity contribution in [3.63, 3.8) is 0 Å². The van der Waals surface area contributed by atoms with Crippen LogP contribution in [0.5, 0.6) is 0 Å². The number of methoxy groups -OCH3 is 1. The van der Waals surface area contributed by atoms with Gasteiger partial charge < -0.3 is 10.1 Å². The molecule has 0 saturated carbocycles. The highest BCUT2D eigenvalue weighted by Gasteiger charge is 2.49. The Labute approximate surface area is 139 Å². The Morgan fingerprint density at radius 3 is 2.83 bits per heavy atom. The molecule has 0 spiro atoms. The van der Waals surface area contributed by atoms with E-state index < -0.39 is 12.0 Å². The van der Waals surface area contributed by atoms with Gasteiger partial charge in [0.15, 0.2) is 5.78 Å². The molecule has 1 amide bonds. The van der Waals surface area contributed by atoms with Gasteiger partial charge >= 0.3 is 0 Å².